The Kier molecular flexibility index (Phi) is 7.36. The molecule has 5 nitrogen and oxygen atoms in total. The van der Waals surface area contributed by atoms with Crippen molar-refractivity contribution in [2.24, 2.45) is 5.92 Å². The number of amides is 2. The summed E-state index contributed by atoms with van der Waals surface area (Å²) >= 11 is 1.37. The van der Waals surface area contributed by atoms with E-state index < -0.39 is 6.04 Å². The highest BCUT2D eigenvalue weighted by molar-refractivity contribution is 7.12. The van der Waals surface area contributed by atoms with Crippen molar-refractivity contribution in [3.05, 3.63) is 57.8 Å². The van der Waals surface area contributed by atoms with Crippen molar-refractivity contribution in [1.29, 1.82) is 0 Å². The van der Waals surface area contributed by atoms with Gasteiger partial charge in [-0.25, -0.2) is 0 Å². The van der Waals surface area contributed by atoms with Gasteiger partial charge in [0.2, 0.25) is 5.91 Å². The van der Waals surface area contributed by atoms with E-state index in [1.165, 1.54) is 21.8 Å². The molecule has 0 fully saturated rings. The average molecular weight is 375 g/mol. The minimum absolute atomic E-state index is 0.000348. The summed E-state index contributed by atoms with van der Waals surface area (Å²) in [5.74, 6) is -0.359. The molecule has 0 bridgehead atoms. The molecule has 0 saturated carbocycles. The van der Waals surface area contributed by atoms with Crippen molar-refractivity contribution in [2.75, 3.05) is 14.1 Å². The minimum Gasteiger partial charge on any atom is -0.350 e. The van der Waals surface area contributed by atoms with Crippen molar-refractivity contribution < 1.29 is 14.5 Å². The van der Waals surface area contributed by atoms with Crippen LogP contribution in [0.4, 0.5) is 0 Å². The maximum absolute atomic E-state index is 12.7. The predicted molar refractivity (Wildman–Crippen MR) is 105 cm³/mol. The summed E-state index contributed by atoms with van der Waals surface area (Å²) in [6.45, 7) is 5.22. The zero-order valence-corrected chi connectivity index (χ0v) is 16.7. The number of hydrogen-bond acceptors (Lipinski definition) is 3. The Morgan fingerprint density at radius 1 is 1.08 bits per heavy atom. The first kappa shape index (κ1) is 20.1. The molecule has 0 aliphatic rings. The van der Waals surface area contributed by atoms with Crippen LogP contribution >= 0.6 is 11.3 Å². The lowest BCUT2D eigenvalue weighted by Crippen LogP contribution is -3.04. The van der Waals surface area contributed by atoms with Crippen LogP contribution in [0.15, 0.2) is 41.8 Å². The molecule has 3 N–H and O–H groups in total. The molecule has 0 aliphatic heterocycles. The molecule has 1 aromatic carbocycles. The molecule has 2 rings (SSSR count). The van der Waals surface area contributed by atoms with Gasteiger partial charge >= 0.3 is 0 Å². The van der Waals surface area contributed by atoms with E-state index in [9.17, 15) is 9.59 Å². The summed E-state index contributed by atoms with van der Waals surface area (Å²) < 4.78 is 0. The highest BCUT2D eigenvalue weighted by atomic mass is 32.1. The molecule has 0 saturated heterocycles. The van der Waals surface area contributed by atoms with Gasteiger partial charge < -0.3 is 15.5 Å². The Balaban J connectivity index is 2.01. The maximum Gasteiger partial charge on any atom is 0.262 e. The van der Waals surface area contributed by atoms with E-state index in [2.05, 4.69) is 30.8 Å². The molecule has 2 amide bonds. The maximum atomic E-state index is 12.7. The molecule has 0 aliphatic carbocycles. The zero-order chi connectivity index (χ0) is 19.1. The highest BCUT2D eigenvalue weighted by Crippen LogP contribution is 2.11. The third kappa shape index (κ3) is 5.68. The van der Waals surface area contributed by atoms with Crippen molar-refractivity contribution in [1.82, 2.24) is 10.6 Å². The second kappa shape index (κ2) is 9.50. The van der Waals surface area contributed by atoms with Crippen LogP contribution in [-0.2, 0) is 17.9 Å². The lowest BCUT2D eigenvalue weighted by Gasteiger charge is -2.22. The number of rotatable bonds is 8. The molecule has 0 radical (unpaired) electrons. The molecule has 2 aromatic rings. The summed E-state index contributed by atoms with van der Waals surface area (Å²) in [5, 5.41) is 7.69. The standard InChI is InChI=1S/C20H27N3O2S/c1-14(2)18(22-19(24)17-10-7-11-26-17)20(25)21-12-15-8-5-6-9-16(15)13-23(3)4/h5-11,14,18H,12-13H2,1-4H3,(H,21,25)(H,22,24)/p+1/t18-/m0/s1. The SMILES string of the molecule is CC(C)[C@H](NC(=O)c1cccs1)C(=O)NCc1ccccc1C[NH+](C)C. The first-order valence-electron chi connectivity index (χ1n) is 8.86. The molecular weight excluding hydrogens is 346 g/mol. The summed E-state index contributed by atoms with van der Waals surface area (Å²) in [6, 6.07) is 11.1. The van der Waals surface area contributed by atoms with Crippen LogP contribution in [0.2, 0.25) is 0 Å². The normalized spacial score (nSPS) is 12.2. The Bertz CT molecular complexity index is 726. The number of thiophene rings is 1. The summed E-state index contributed by atoms with van der Waals surface area (Å²) in [6.07, 6.45) is 0. The third-order valence-corrected chi connectivity index (χ3v) is 4.96. The Labute approximate surface area is 159 Å². The molecule has 140 valence electrons. The Hall–Kier alpha value is -2.18. The zero-order valence-electron chi connectivity index (χ0n) is 15.8. The Morgan fingerprint density at radius 3 is 2.35 bits per heavy atom. The van der Waals surface area contributed by atoms with Crippen molar-refractivity contribution in [3.63, 3.8) is 0 Å². The van der Waals surface area contributed by atoms with Crippen molar-refractivity contribution in [2.45, 2.75) is 33.0 Å². The van der Waals surface area contributed by atoms with Crippen LogP contribution in [-0.4, -0.2) is 32.0 Å². The van der Waals surface area contributed by atoms with E-state index in [0.717, 1.165) is 12.1 Å². The highest BCUT2D eigenvalue weighted by Gasteiger charge is 2.25. The van der Waals surface area contributed by atoms with Gasteiger partial charge in [0.25, 0.3) is 5.91 Å². The number of carbonyl (C=O) groups excluding carboxylic acids is 2. The predicted octanol–water partition coefficient (Wildman–Crippen LogP) is 1.46. The van der Waals surface area contributed by atoms with Gasteiger partial charge in [-0.2, -0.15) is 0 Å². The monoisotopic (exact) mass is 374 g/mol. The van der Waals surface area contributed by atoms with E-state index in [4.69, 9.17) is 0 Å². The van der Waals surface area contributed by atoms with Crippen LogP contribution < -0.4 is 15.5 Å². The van der Waals surface area contributed by atoms with Crippen molar-refractivity contribution in [3.8, 4) is 0 Å². The van der Waals surface area contributed by atoms with E-state index >= 15 is 0 Å². The van der Waals surface area contributed by atoms with Gasteiger partial charge in [-0.3, -0.25) is 9.59 Å². The van der Waals surface area contributed by atoms with Crippen LogP contribution in [0, 0.1) is 5.92 Å². The first-order valence-corrected chi connectivity index (χ1v) is 9.74. The van der Waals surface area contributed by atoms with E-state index in [-0.39, 0.29) is 17.7 Å². The van der Waals surface area contributed by atoms with Crippen LogP contribution in [0.3, 0.4) is 0 Å². The fraction of sp³-hybridized carbons (Fsp3) is 0.400. The minimum atomic E-state index is -0.559. The smallest absolute Gasteiger partial charge is 0.262 e. The topological polar surface area (TPSA) is 62.6 Å². The van der Waals surface area contributed by atoms with E-state index in [1.54, 1.807) is 6.07 Å². The Morgan fingerprint density at radius 2 is 1.77 bits per heavy atom. The van der Waals surface area contributed by atoms with Gasteiger partial charge in [0.15, 0.2) is 0 Å². The van der Waals surface area contributed by atoms with Crippen LogP contribution in [0.1, 0.15) is 34.6 Å². The fourth-order valence-electron chi connectivity index (χ4n) is 2.73. The summed E-state index contributed by atoms with van der Waals surface area (Å²) in [4.78, 5) is 26.9. The van der Waals surface area contributed by atoms with Gasteiger partial charge in [-0.15, -0.1) is 11.3 Å². The van der Waals surface area contributed by atoms with Gasteiger partial charge in [-0.1, -0.05) is 44.2 Å². The fourth-order valence-corrected chi connectivity index (χ4v) is 3.36. The molecule has 1 heterocycles. The summed E-state index contributed by atoms with van der Waals surface area (Å²) in [7, 11) is 4.20. The second-order valence-electron chi connectivity index (χ2n) is 7.04. The number of nitrogens with one attached hydrogen (secondary N) is 3. The quantitative estimate of drug-likeness (QED) is 0.655. The number of hydrogen-bond donors (Lipinski definition) is 3. The van der Waals surface area contributed by atoms with Gasteiger partial charge in [0.05, 0.1) is 19.0 Å². The van der Waals surface area contributed by atoms with Crippen molar-refractivity contribution >= 4 is 23.2 Å². The van der Waals surface area contributed by atoms with Gasteiger partial charge in [0, 0.05) is 12.1 Å². The van der Waals surface area contributed by atoms with Crippen LogP contribution in [0.25, 0.3) is 0 Å². The number of quaternary nitrogens is 1. The molecule has 1 aromatic heterocycles. The summed E-state index contributed by atoms with van der Waals surface area (Å²) in [5.41, 5.74) is 2.32. The lowest BCUT2D eigenvalue weighted by molar-refractivity contribution is -0.872. The van der Waals surface area contributed by atoms with Gasteiger partial charge in [0.1, 0.15) is 12.6 Å². The molecule has 0 spiro atoms. The van der Waals surface area contributed by atoms with Gasteiger partial charge in [-0.05, 0) is 22.9 Å². The second-order valence-corrected chi connectivity index (χ2v) is 7.99. The van der Waals surface area contributed by atoms with Crippen LogP contribution in [0.5, 0.6) is 0 Å². The van der Waals surface area contributed by atoms with E-state index in [1.807, 2.05) is 43.5 Å². The molecule has 1 atom stereocenters. The number of benzene rings is 1. The molecular formula is C20H28N3O2S+. The largest absolute Gasteiger partial charge is 0.350 e. The van der Waals surface area contributed by atoms with E-state index in [0.29, 0.717) is 11.4 Å². The molecule has 26 heavy (non-hydrogen) atoms. The molecule has 6 heteroatoms. The number of carbonyl (C=O) groups is 2. The third-order valence-electron chi connectivity index (χ3n) is 4.10. The lowest BCUT2D eigenvalue weighted by atomic mass is 10.0. The average Bonchev–Trinajstić information content (AvgIpc) is 3.12. The molecule has 0 unspecified atom stereocenters. The first-order chi connectivity index (χ1) is 12.4.